The minimum absolute atomic E-state index is 0.166. The summed E-state index contributed by atoms with van der Waals surface area (Å²) in [5.41, 5.74) is 1.92. The molecule has 0 saturated heterocycles. The van der Waals surface area contributed by atoms with Gasteiger partial charge in [-0.3, -0.25) is 4.79 Å². The Morgan fingerprint density at radius 1 is 1.21 bits per heavy atom. The van der Waals surface area contributed by atoms with Crippen molar-refractivity contribution in [3.8, 4) is 5.75 Å². The predicted octanol–water partition coefficient (Wildman–Crippen LogP) is 4.05. The van der Waals surface area contributed by atoms with Gasteiger partial charge in [-0.05, 0) is 54.0 Å². The van der Waals surface area contributed by atoms with Gasteiger partial charge in [0.25, 0.3) is 0 Å². The number of Topliss-reactive ketones (excluding diaryl/α,β-unsaturated/α-hetero) is 1. The second-order valence-electron chi connectivity index (χ2n) is 5.88. The number of carbonyl (C=O) groups is 1. The van der Waals surface area contributed by atoms with E-state index in [0.717, 1.165) is 24.0 Å². The maximum absolute atomic E-state index is 12.5. The molecule has 1 aromatic rings. The van der Waals surface area contributed by atoms with E-state index in [-0.39, 0.29) is 11.7 Å². The molecule has 0 aliphatic heterocycles. The van der Waals surface area contributed by atoms with Crippen LogP contribution in [0.2, 0.25) is 0 Å². The smallest absolute Gasteiger partial charge is 0.162 e. The second kappa shape index (κ2) is 5.60. The van der Waals surface area contributed by atoms with Gasteiger partial charge in [0.1, 0.15) is 5.75 Å². The predicted molar refractivity (Wildman–Crippen MR) is 77.8 cm³/mol. The molecule has 0 spiro atoms. The molecule has 1 aromatic carbocycles. The lowest BCUT2D eigenvalue weighted by atomic mass is 9.73. The van der Waals surface area contributed by atoms with Crippen LogP contribution in [0.3, 0.4) is 0 Å². The first-order valence-corrected chi connectivity index (χ1v) is 7.04. The Morgan fingerprint density at radius 2 is 1.84 bits per heavy atom. The summed E-state index contributed by atoms with van der Waals surface area (Å²) in [5.74, 6) is 1.46. The van der Waals surface area contributed by atoms with E-state index in [4.69, 9.17) is 0 Å². The van der Waals surface area contributed by atoms with Gasteiger partial charge in [-0.15, -0.1) is 0 Å². The van der Waals surface area contributed by atoms with Gasteiger partial charge in [-0.25, -0.2) is 0 Å². The lowest BCUT2D eigenvalue weighted by Gasteiger charge is -2.30. The van der Waals surface area contributed by atoms with E-state index in [1.807, 2.05) is 18.2 Å². The Labute approximate surface area is 115 Å². The molecule has 1 N–H and O–H groups in total. The van der Waals surface area contributed by atoms with Crippen molar-refractivity contribution in [2.24, 2.45) is 17.8 Å². The van der Waals surface area contributed by atoms with E-state index in [2.05, 4.69) is 20.8 Å². The van der Waals surface area contributed by atoms with E-state index in [0.29, 0.717) is 17.6 Å². The van der Waals surface area contributed by atoms with Crippen LogP contribution in [0.5, 0.6) is 5.75 Å². The van der Waals surface area contributed by atoms with Crippen LogP contribution in [-0.4, -0.2) is 10.9 Å². The highest BCUT2D eigenvalue weighted by Crippen LogP contribution is 2.35. The zero-order valence-corrected chi connectivity index (χ0v) is 11.9. The number of allylic oxidation sites excluding steroid dienone is 1. The first-order chi connectivity index (χ1) is 8.99. The summed E-state index contributed by atoms with van der Waals surface area (Å²) in [7, 11) is 0. The SMILES string of the molecule is CC(C)[C@H]1CC[C@@H](C)/C(=C\c2ccc(O)cc2)C1=O. The van der Waals surface area contributed by atoms with Gasteiger partial charge in [0.15, 0.2) is 5.78 Å². The highest BCUT2D eigenvalue weighted by atomic mass is 16.3. The van der Waals surface area contributed by atoms with Gasteiger partial charge in [0.05, 0.1) is 0 Å². The number of benzene rings is 1. The van der Waals surface area contributed by atoms with E-state index >= 15 is 0 Å². The van der Waals surface area contributed by atoms with Gasteiger partial charge in [-0.2, -0.15) is 0 Å². The fraction of sp³-hybridized carbons (Fsp3) is 0.471. The van der Waals surface area contributed by atoms with Crippen LogP contribution in [0.15, 0.2) is 29.8 Å². The van der Waals surface area contributed by atoms with E-state index in [9.17, 15) is 9.90 Å². The molecule has 2 nitrogen and oxygen atoms in total. The first-order valence-electron chi connectivity index (χ1n) is 7.04. The lowest BCUT2D eigenvalue weighted by molar-refractivity contribution is -0.122. The average molecular weight is 258 g/mol. The van der Waals surface area contributed by atoms with Crippen molar-refractivity contribution in [1.82, 2.24) is 0 Å². The third-order valence-corrected chi connectivity index (χ3v) is 4.08. The number of ketones is 1. The molecule has 1 saturated carbocycles. The quantitative estimate of drug-likeness (QED) is 0.813. The summed E-state index contributed by atoms with van der Waals surface area (Å²) in [6, 6.07) is 7.01. The highest BCUT2D eigenvalue weighted by Gasteiger charge is 2.32. The minimum atomic E-state index is 0.166. The maximum Gasteiger partial charge on any atom is 0.162 e. The van der Waals surface area contributed by atoms with Gasteiger partial charge in [0.2, 0.25) is 0 Å². The molecule has 102 valence electrons. The molecule has 1 aliphatic carbocycles. The minimum Gasteiger partial charge on any atom is -0.508 e. The molecule has 1 fully saturated rings. The van der Waals surface area contributed by atoms with Crippen molar-refractivity contribution in [1.29, 1.82) is 0 Å². The summed E-state index contributed by atoms with van der Waals surface area (Å²) < 4.78 is 0. The van der Waals surface area contributed by atoms with Crippen LogP contribution >= 0.6 is 0 Å². The monoisotopic (exact) mass is 258 g/mol. The van der Waals surface area contributed by atoms with Crippen molar-refractivity contribution in [2.45, 2.75) is 33.6 Å². The fourth-order valence-electron chi connectivity index (χ4n) is 2.77. The molecule has 2 atom stereocenters. The molecule has 0 amide bonds. The molecule has 0 bridgehead atoms. The number of hydrogen-bond donors (Lipinski definition) is 1. The van der Waals surface area contributed by atoms with Crippen LogP contribution < -0.4 is 0 Å². The van der Waals surface area contributed by atoms with Crippen LogP contribution in [0.1, 0.15) is 39.2 Å². The average Bonchev–Trinajstić information content (AvgIpc) is 2.36. The molecular formula is C17H22O2. The van der Waals surface area contributed by atoms with E-state index in [1.54, 1.807) is 12.1 Å². The number of phenolic OH excluding ortho intramolecular Hbond substituents is 1. The molecular weight excluding hydrogens is 236 g/mol. The lowest BCUT2D eigenvalue weighted by Crippen LogP contribution is -2.30. The summed E-state index contributed by atoms with van der Waals surface area (Å²) >= 11 is 0. The number of rotatable bonds is 2. The van der Waals surface area contributed by atoms with Crippen molar-refractivity contribution >= 4 is 11.9 Å². The van der Waals surface area contributed by atoms with Crippen molar-refractivity contribution in [2.75, 3.05) is 0 Å². The number of hydrogen-bond acceptors (Lipinski definition) is 2. The highest BCUT2D eigenvalue weighted by molar-refractivity contribution is 6.02. The Hall–Kier alpha value is -1.57. The number of aromatic hydroxyl groups is 1. The maximum atomic E-state index is 12.5. The number of phenols is 1. The first kappa shape index (κ1) is 13.9. The largest absolute Gasteiger partial charge is 0.508 e. The van der Waals surface area contributed by atoms with Crippen LogP contribution in [0.25, 0.3) is 6.08 Å². The van der Waals surface area contributed by atoms with Gasteiger partial charge in [0, 0.05) is 5.92 Å². The Kier molecular flexibility index (Phi) is 4.08. The zero-order valence-electron chi connectivity index (χ0n) is 11.9. The van der Waals surface area contributed by atoms with E-state index < -0.39 is 0 Å². The third-order valence-electron chi connectivity index (χ3n) is 4.08. The number of carbonyl (C=O) groups excluding carboxylic acids is 1. The summed E-state index contributed by atoms with van der Waals surface area (Å²) in [5, 5.41) is 9.29. The van der Waals surface area contributed by atoms with Crippen molar-refractivity contribution in [3.05, 3.63) is 35.4 Å². The fourth-order valence-corrected chi connectivity index (χ4v) is 2.77. The summed E-state index contributed by atoms with van der Waals surface area (Å²) in [6.45, 7) is 6.37. The molecule has 0 aromatic heterocycles. The van der Waals surface area contributed by atoms with Gasteiger partial charge < -0.3 is 5.11 Å². The van der Waals surface area contributed by atoms with Gasteiger partial charge in [-0.1, -0.05) is 32.9 Å². The topological polar surface area (TPSA) is 37.3 Å². The second-order valence-corrected chi connectivity index (χ2v) is 5.88. The van der Waals surface area contributed by atoms with Crippen LogP contribution in [0, 0.1) is 17.8 Å². The molecule has 0 radical (unpaired) electrons. The van der Waals surface area contributed by atoms with Crippen molar-refractivity contribution in [3.63, 3.8) is 0 Å². The zero-order chi connectivity index (χ0) is 14.0. The van der Waals surface area contributed by atoms with Crippen LogP contribution in [0.4, 0.5) is 0 Å². The van der Waals surface area contributed by atoms with Crippen molar-refractivity contribution < 1.29 is 9.90 Å². The molecule has 2 heteroatoms. The standard InChI is InChI=1S/C17H22O2/c1-11(2)15-9-4-12(3)16(17(15)19)10-13-5-7-14(18)8-6-13/h5-8,10-12,15,18H,4,9H2,1-3H3/b16-10+/t12-,15-/m1/s1. The summed E-state index contributed by atoms with van der Waals surface area (Å²) in [4.78, 5) is 12.5. The molecule has 0 unspecified atom stereocenters. The summed E-state index contributed by atoms with van der Waals surface area (Å²) in [6.07, 6.45) is 4.07. The Balaban J connectivity index is 2.29. The van der Waals surface area contributed by atoms with Crippen LogP contribution in [-0.2, 0) is 4.79 Å². The Morgan fingerprint density at radius 3 is 2.42 bits per heavy atom. The van der Waals surface area contributed by atoms with Gasteiger partial charge >= 0.3 is 0 Å². The normalized spacial score (nSPS) is 26.1. The molecule has 19 heavy (non-hydrogen) atoms. The molecule has 2 rings (SSSR count). The Bertz CT molecular complexity index is 482. The molecule has 1 aliphatic rings. The third kappa shape index (κ3) is 3.06. The van der Waals surface area contributed by atoms with E-state index in [1.165, 1.54) is 0 Å². The molecule has 0 heterocycles.